The van der Waals surface area contributed by atoms with E-state index in [2.05, 4.69) is 172 Å². The fourth-order valence-electron chi connectivity index (χ4n) is 5.78. The van der Waals surface area contributed by atoms with Crippen LogP contribution in [-0.4, -0.2) is 11.0 Å². The minimum absolute atomic E-state index is 0. The van der Waals surface area contributed by atoms with Gasteiger partial charge in [0.05, 0.1) is 0 Å². The van der Waals surface area contributed by atoms with Crippen LogP contribution in [0.25, 0.3) is 43.8 Å². The summed E-state index contributed by atoms with van der Waals surface area (Å²) < 4.78 is 0. The molecular formula is C44H52Cl2SiZr-4. The molecule has 0 saturated heterocycles. The zero-order chi connectivity index (χ0) is 32.9. The Morgan fingerprint density at radius 3 is 1.33 bits per heavy atom. The first kappa shape index (κ1) is 43.8. The zero-order valence-electron chi connectivity index (χ0n) is 30.7. The fraction of sp³-hybridized carbons (Fsp3) is 0.273. The minimum Gasteiger partial charge on any atom is 0 e. The second kappa shape index (κ2) is 18.7. The molecule has 254 valence electrons. The van der Waals surface area contributed by atoms with Gasteiger partial charge in [-0.2, -0.15) is 12.1 Å². The number of hydrogen-bond acceptors (Lipinski definition) is 0. The zero-order valence-corrected chi connectivity index (χ0v) is 35.7. The van der Waals surface area contributed by atoms with Crippen molar-refractivity contribution in [1.29, 1.82) is 0 Å². The molecule has 6 aromatic rings. The van der Waals surface area contributed by atoms with Crippen LogP contribution in [0.2, 0.25) is 0 Å². The van der Waals surface area contributed by atoms with E-state index in [0.717, 1.165) is 0 Å². The normalized spacial score (nSPS) is 10.9. The van der Waals surface area contributed by atoms with E-state index >= 15 is 0 Å². The molecule has 4 heteroatoms. The van der Waals surface area contributed by atoms with E-state index in [1.807, 2.05) is 0 Å². The molecule has 0 fully saturated rings. The predicted octanol–water partition coefficient (Wildman–Crippen LogP) is 14.4. The van der Waals surface area contributed by atoms with Crippen molar-refractivity contribution in [3.05, 3.63) is 146 Å². The van der Waals surface area contributed by atoms with Crippen LogP contribution in [0.15, 0.2) is 109 Å². The van der Waals surface area contributed by atoms with Crippen LogP contribution in [0.4, 0.5) is 0 Å². The number of halogens is 2. The molecule has 6 aromatic carbocycles. The Balaban J connectivity index is 0.000000421. The van der Waals surface area contributed by atoms with Crippen LogP contribution in [0, 0.1) is 21.8 Å². The number of aryl methyl sites for hydroxylation is 1. The van der Waals surface area contributed by atoms with E-state index in [-0.39, 0.29) is 36.6 Å². The van der Waals surface area contributed by atoms with Gasteiger partial charge in [0.15, 0.2) is 0 Å². The Labute approximate surface area is 315 Å². The molecule has 48 heavy (non-hydrogen) atoms. The number of benzene rings is 4. The van der Waals surface area contributed by atoms with Gasteiger partial charge < -0.3 is 14.9 Å². The smallest absolute Gasteiger partial charge is 0 e. The van der Waals surface area contributed by atoms with Crippen molar-refractivity contribution in [2.75, 3.05) is 0 Å². The van der Waals surface area contributed by atoms with Crippen molar-refractivity contribution < 1.29 is 20.8 Å². The van der Waals surface area contributed by atoms with E-state index in [9.17, 15) is 0 Å². The first-order valence-electron chi connectivity index (χ1n) is 15.8. The van der Waals surface area contributed by atoms with Crippen LogP contribution >= 0.6 is 17.0 Å². The Morgan fingerprint density at radius 2 is 0.958 bits per heavy atom. The van der Waals surface area contributed by atoms with Gasteiger partial charge in [-0.15, -0.1) is 69.1 Å². The third-order valence-corrected chi connectivity index (χ3v) is 8.46. The quantitative estimate of drug-likeness (QED) is 0.124. The standard InChI is InChI=1S/C22H25.C20H21.2CH3.2ClH.Si.Zr/c1-15(2)18-13-17-7-6-8-20(21(17)14-18)16-9-11-19(12-10-16)22(3,4)5;1-14-12-16-6-5-7-18(19(16)13-14)15-8-10-17(11-9-15)20(2,3)4;;;;;;/h6-15H,1-5H3;5-13H,1-4H3;2*1H3;2*1H;;/q4*-1;;;;+2/p-2. The summed E-state index contributed by atoms with van der Waals surface area (Å²) in [7, 11) is 9.87. The van der Waals surface area contributed by atoms with Crippen molar-refractivity contribution in [1.82, 2.24) is 0 Å². The molecule has 0 N–H and O–H groups in total. The number of fused-ring (bicyclic) bond motifs is 2. The molecular weight excluding hydrogens is 719 g/mol. The summed E-state index contributed by atoms with van der Waals surface area (Å²) in [4.78, 5) is 0. The van der Waals surface area contributed by atoms with Crippen LogP contribution in [0.3, 0.4) is 0 Å². The van der Waals surface area contributed by atoms with Gasteiger partial charge in [-0.25, -0.2) is 0 Å². The second-order valence-electron chi connectivity index (χ2n) is 14.3. The molecule has 0 saturated carbocycles. The second-order valence-corrected chi connectivity index (χ2v) is 18.1. The molecule has 0 unspecified atom stereocenters. The van der Waals surface area contributed by atoms with Gasteiger partial charge >= 0.3 is 37.9 Å². The molecule has 0 spiro atoms. The van der Waals surface area contributed by atoms with Gasteiger partial charge in [-0.1, -0.05) is 134 Å². The third-order valence-electron chi connectivity index (χ3n) is 8.46. The third kappa shape index (κ3) is 10.9. The van der Waals surface area contributed by atoms with Crippen molar-refractivity contribution >= 4 is 49.5 Å². The van der Waals surface area contributed by atoms with Gasteiger partial charge in [-0.05, 0) is 39.0 Å². The molecule has 0 bridgehead atoms. The maximum atomic E-state index is 4.93. The van der Waals surface area contributed by atoms with Gasteiger partial charge in [0.25, 0.3) is 0 Å². The topological polar surface area (TPSA) is 0 Å². The van der Waals surface area contributed by atoms with E-state index in [4.69, 9.17) is 17.0 Å². The summed E-state index contributed by atoms with van der Waals surface area (Å²) in [6, 6.07) is 40.4. The Morgan fingerprint density at radius 1 is 0.583 bits per heavy atom. The molecule has 0 nitrogen and oxygen atoms in total. The van der Waals surface area contributed by atoms with Gasteiger partial charge in [0.2, 0.25) is 0 Å². The van der Waals surface area contributed by atoms with Crippen LogP contribution in [0.1, 0.15) is 83.6 Å². The molecule has 0 aromatic heterocycles. The Bertz CT molecular complexity index is 1830. The molecule has 0 aliphatic heterocycles. The van der Waals surface area contributed by atoms with E-state index in [1.165, 1.54) is 66.1 Å². The van der Waals surface area contributed by atoms with Crippen LogP contribution in [-0.2, 0) is 31.7 Å². The summed E-state index contributed by atoms with van der Waals surface area (Å²) in [5.41, 5.74) is 11.2. The van der Waals surface area contributed by atoms with Crippen molar-refractivity contribution in [2.45, 2.75) is 79.1 Å². The maximum Gasteiger partial charge on any atom is 0 e. The van der Waals surface area contributed by atoms with Gasteiger partial charge in [0, 0.05) is 11.0 Å². The van der Waals surface area contributed by atoms with E-state index in [1.54, 1.807) is 0 Å². The molecule has 6 rings (SSSR count). The molecule has 4 radical (unpaired) electrons. The predicted molar refractivity (Wildman–Crippen MR) is 216 cm³/mol. The molecule has 0 atom stereocenters. The average molecular weight is 771 g/mol. The summed E-state index contributed by atoms with van der Waals surface area (Å²) >= 11 is -0.826. The largest absolute Gasteiger partial charge is 0 e. The van der Waals surface area contributed by atoms with Gasteiger partial charge in [0.1, 0.15) is 0 Å². The molecule has 0 aliphatic rings. The molecule has 0 amide bonds. The van der Waals surface area contributed by atoms with Crippen molar-refractivity contribution in [3.63, 3.8) is 0 Å². The van der Waals surface area contributed by atoms with E-state index in [0.29, 0.717) is 5.92 Å². The maximum absolute atomic E-state index is 4.93. The van der Waals surface area contributed by atoms with E-state index < -0.39 is 20.8 Å². The van der Waals surface area contributed by atoms with Crippen LogP contribution in [0.5, 0.6) is 0 Å². The monoisotopic (exact) mass is 768 g/mol. The molecule has 0 heterocycles. The summed E-state index contributed by atoms with van der Waals surface area (Å²) in [6.07, 6.45) is 0. The number of hydrogen-bond donors (Lipinski definition) is 0. The molecule has 0 aliphatic carbocycles. The first-order valence-corrected chi connectivity index (χ1v) is 22.1. The summed E-state index contributed by atoms with van der Waals surface area (Å²) in [5, 5.41) is 5.41. The average Bonchev–Trinajstić information content (AvgIpc) is 3.60. The van der Waals surface area contributed by atoms with Crippen molar-refractivity contribution in [2.24, 2.45) is 0 Å². The Hall–Kier alpha value is -2.22. The van der Waals surface area contributed by atoms with Crippen molar-refractivity contribution in [3.8, 4) is 22.3 Å². The van der Waals surface area contributed by atoms with Gasteiger partial charge in [-0.3, -0.25) is 0 Å². The van der Waals surface area contributed by atoms with Crippen LogP contribution < -0.4 is 0 Å². The first-order chi connectivity index (χ1) is 21.2. The SMILES string of the molecule is CC(C)c1cc2c(-c3ccc(C(C)(C)C)cc3)cccc2[cH-]1.Cc1cc2c(-c3ccc(C(C)(C)C)cc3)cccc2[cH-]1.[CH3-].[CH3-].[Cl][Zr][Cl].[Si]. The summed E-state index contributed by atoms with van der Waals surface area (Å²) in [6.45, 7) is 20.2. The fourth-order valence-corrected chi connectivity index (χ4v) is 5.78. The minimum atomic E-state index is -0.826. The number of rotatable bonds is 3. The Kier molecular flexibility index (Phi) is 17.0. The summed E-state index contributed by atoms with van der Waals surface area (Å²) in [5.74, 6) is 0.573.